The monoisotopic (exact) mass is 170 g/mol. The molecule has 70 valence electrons. The highest BCUT2D eigenvalue weighted by Crippen LogP contribution is 2.08. The average molecular weight is 170 g/mol. The van der Waals surface area contributed by atoms with Crippen molar-refractivity contribution in [1.82, 2.24) is 10.2 Å². The Morgan fingerprint density at radius 3 is 2.83 bits per heavy atom. The Balaban J connectivity index is 2.49. The Kier molecular flexibility index (Phi) is 3.09. The summed E-state index contributed by atoms with van der Waals surface area (Å²) in [6, 6.07) is 0.475. The van der Waals surface area contributed by atoms with Crippen LogP contribution in [0.15, 0.2) is 0 Å². The third-order valence-corrected chi connectivity index (χ3v) is 2.47. The lowest BCUT2D eigenvalue weighted by atomic mass is 10.0. The Morgan fingerprint density at radius 2 is 2.33 bits per heavy atom. The zero-order valence-electron chi connectivity index (χ0n) is 8.13. The molecule has 0 radical (unpaired) electrons. The molecular weight excluding hydrogens is 152 g/mol. The molecule has 0 bridgehead atoms. The number of piperazine rings is 1. The average Bonchev–Trinajstić information content (AvgIpc) is 2.05. The van der Waals surface area contributed by atoms with E-state index in [2.05, 4.69) is 19.2 Å². The lowest BCUT2D eigenvalue weighted by molar-refractivity contribution is -0.133. The lowest BCUT2D eigenvalue weighted by Gasteiger charge is -2.34. The summed E-state index contributed by atoms with van der Waals surface area (Å²) in [5.74, 6) is 0.835. The number of nitrogens with one attached hydrogen (secondary N) is 1. The van der Waals surface area contributed by atoms with E-state index in [1.807, 2.05) is 11.8 Å². The molecule has 0 aliphatic carbocycles. The number of nitrogens with zero attached hydrogens (tertiary/aromatic N) is 1. The zero-order chi connectivity index (χ0) is 9.14. The van der Waals surface area contributed by atoms with Crippen LogP contribution in [-0.4, -0.2) is 36.5 Å². The third kappa shape index (κ3) is 1.97. The SMILES string of the molecule is CCN1C[C@H](C(C)C)NCC1=O. The molecule has 0 aromatic carbocycles. The Labute approximate surface area is 74.1 Å². The van der Waals surface area contributed by atoms with E-state index in [-0.39, 0.29) is 5.91 Å². The molecule has 0 aromatic rings. The van der Waals surface area contributed by atoms with E-state index in [1.54, 1.807) is 0 Å². The van der Waals surface area contributed by atoms with Gasteiger partial charge in [0.2, 0.25) is 5.91 Å². The first-order chi connectivity index (χ1) is 5.65. The maximum Gasteiger partial charge on any atom is 0.236 e. The fraction of sp³-hybridized carbons (Fsp3) is 0.889. The summed E-state index contributed by atoms with van der Waals surface area (Å²) in [4.78, 5) is 13.2. The molecule has 1 aliphatic heterocycles. The summed E-state index contributed by atoms with van der Waals surface area (Å²) < 4.78 is 0. The van der Waals surface area contributed by atoms with Crippen molar-refractivity contribution in [3.63, 3.8) is 0 Å². The van der Waals surface area contributed by atoms with Gasteiger partial charge in [0.15, 0.2) is 0 Å². The maximum absolute atomic E-state index is 11.3. The van der Waals surface area contributed by atoms with Crippen LogP contribution in [0.1, 0.15) is 20.8 Å². The van der Waals surface area contributed by atoms with Gasteiger partial charge in [-0.05, 0) is 12.8 Å². The van der Waals surface area contributed by atoms with Crippen LogP contribution in [-0.2, 0) is 4.79 Å². The molecule has 3 nitrogen and oxygen atoms in total. The van der Waals surface area contributed by atoms with Gasteiger partial charge >= 0.3 is 0 Å². The Hall–Kier alpha value is -0.570. The van der Waals surface area contributed by atoms with Crippen LogP contribution in [0.4, 0.5) is 0 Å². The van der Waals surface area contributed by atoms with Gasteiger partial charge in [0, 0.05) is 19.1 Å². The van der Waals surface area contributed by atoms with Gasteiger partial charge < -0.3 is 10.2 Å². The van der Waals surface area contributed by atoms with Gasteiger partial charge in [-0.3, -0.25) is 4.79 Å². The predicted octanol–water partition coefficient (Wildman–Crippen LogP) is 0.463. The standard InChI is InChI=1S/C9H18N2O/c1-4-11-6-8(7(2)3)10-5-9(11)12/h7-8,10H,4-6H2,1-3H3/t8-/m1/s1. The van der Waals surface area contributed by atoms with Crippen molar-refractivity contribution in [3.8, 4) is 0 Å². The quantitative estimate of drug-likeness (QED) is 0.653. The second-order valence-electron chi connectivity index (χ2n) is 3.66. The molecule has 1 rings (SSSR count). The molecule has 0 aromatic heterocycles. The first-order valence-electron chi connectivity index (χ1n) is 4.66. The van der Waals surface area contributed by atoms with Crippen molar-refractivity contribution >= 4 is 5.91 Å². The highest BCUT2D eigenvalue weighted by Gasteiger charge is 2.25. The molecule has 1 N–H and O–H groups in total. The molecule has 1 amide bonds. The van der Waals surface area contributed by atoms with Gasteiger partial charge in [-0.15, -0.1) is 0 Å². The Bertz CT molecular complexity index is 168. The summed E-state index contributed by atoms with van der Waals surface area (Å²) in [5, 5.41) is 3.24. The van der Waals surface area contributed by atoms with E-state index in [4.69, 9.17) is 0 Å². The number of amides is 1. The van der Waals surface area contributed by atoms with Crippen molar-refractivity contribution in [2.45, 2.75) is 26.8 Å². The molecule has 0 spiro atoms. The van der Waals surface area contributed by atoms with Crippen molar-refractivity contribution in [2.75, 3.05) is 19.6 Å². The van der Waals surface area contributed by atoms with Gasteiger partial charge in [-0.1, -0.05) is 13.8 Å². The molecular formula is C9H18N2O. The van der Waals surface area contributed by atoms with E-state index in [9.17, 15) is 4.79 Å². The molecule has 1 heterocycles. The number of carbonyl (C=O) groups is 1. The van der Waals surface area contributed by atoms with Crippen LogP contribution < -0.4 is 5.32 Å². The number of carbonyl (C=O) groups excluding carboxylic acids is 1. The fourth-order valence-electron chi connectivity index (χ4n) is 1.49. The highest BCUT2D eigenvalue weighted by molar-refractivity contribution is 5.79. The van der Waals surface area contributed by atoms with Gasteiger partial charge in [-0.2, -0.15) is 0 Å². The molecule has 12 heavy (non-hydrogen) atoms. The largest absolute Gasteiger partial charge is 0.340 e. The lowest BCUT2D eigenvalue weighted by Crippen LogP contribution is -2.55. The number of rotatable bonds is 2. The van der Waals surface area contributed by atoms with E-state index < -0.39 is 0 Å². The second-order valence-corrected chi connectivity index (χ2v) is 3.66. The van der Waals surface area contributed by atoms with E-state index >= 15 is 0 Å². The normalized spacial score (nSPS) is 25.2. The second kappa shape index (κ2) is 3.90. The van der Waals surface area contributed by atoms with Crippen LogP contribution in [0.25, 0.3) is 0 Å². The van der Waals surface area contributed by atoms with Gasteiger partial charge in [-0.25, -0.2) is 0 Å². The number of likely N-dealkylation sites (N-methyl/N-ethyl adjacent to an activating group) is 1. The maximum atomic E-state index is 11.3. The fourth-order valence-corrected chi connectivity index (χ4v) is 1.49. The summed E-state index contributed by atoms with van der Waals surface area (Å²) >= 11 is 0. The van der Waals surface area contributed by atoms with Crippen molar-refractivity contribution in [2.24, 2.45) is 5.92 Å². The molecule has 0 unspecified atom stereocenters. The summed E-state index contributed by atoms with van der Waals surface area (Å²) in [6.45, 7) is 8.61. The van der Waals surface area contributed by atoms with E-state index in [0.29, 0.717) is 18.5 Å². The molecule has 0 saturated carbocycles. The summed E-state index contributed by atoms with van der Waals surface area (Å²) in [5.41, 5.74) is 0. The predicted molar refractivity (Wildman–Crippen MR) is 48.9 cm³/mol. The third-order valence-electron chi connectivity index (χ3n) is 2.47. The highest BCUT2D eigenvalue weighted by atomic mass is 16.2. The van der Waals surface area contributed by atoms with Crippen LogP contribution in [0, 0.1) is 5.92 Å². The first kappa shape index (κ1) is 9.52. The van der Waals surface area contributed by atoms with Gasteiger partial charge in [0.25, 0.3) is 0 Å². The Morgan fingerprint density at radius 1 is 1.67 bits per heavy atom. The van der Waals surface area contributed by atoms with Crippen LogP contribution in [0.5, 0.6) is 0 Å². The number of hydrogen-bond donors (Lipinski definition) is 1. The van der Waals surface area contributed by atoms with Crippen molar-refractivity contribution in [3.05, 3.63) is 0 Å². The van der Waals surface area contributed by atoms with Crippen LogP contribution in [0.2, 0.25) is 0 Å². The minimum Gasteiger partial charge on any atom is -0.340 e. The zero-order valence-corrected chi connectivity index (χ0v) is 8.13. The molecule has 1 aliphatic rings. The topological polar surface area (TPSA) is 32.3 Å². The van der Waals surface area contributed by atoms with Gasteiger partial charge in [0.05, 0.1) is 6.54 Å². The smallest absolute Gasteiger partial charge is 0.236 e. The summed E-state index contributed by atoms with van der Waals surface area (Å²) in [7, 11) is 0. The van der Waals surface area contributed by atoms with Crippen molar-refractivity contribution in [1.29, 1.82) is 0 Å². The minimum absolute atomic E-state index is 0.231. The first-order valence-corrected chi connectivity index (χ1v) is 4.66. The minimum atomic E-state index is 0.231. The van der Waals surface area contributed by atoms with Crippen molar-refractivity contribution < 1.29 is 4.79 Å². The number of hydrogen-bond acceptors (Lipinski definition) is 2. The van der Waals surface area contributed by atoms with Gasteiger partial charge in [0.1, 0.15) is 0 Å². The van der Waals surface area contributed by atoms with Crippen LogP contribution in [0.3, 0.4) is 0 Å². The molecule has 3 heteroatoms. The molecule has 1 atom stereocenters. The van der Waals surface area contributed by atoms with Crippen LogP contribution >= 0.6 is 0 Å². The van der Waals surface area contributed by atoms with E-state index in [0.717, 1.165) is 13.1 Å². The molecule has 1 saturated heterocycles. The molecule has 1 fully saturated rings. The van der Waals surface area contributed by atoms with E-state index in [1.165, 1.54) is 0 Å². The summed E-state index contributed by atoms with van der Waals surface area (Å²) in [6.07, 6.45) is 0.